The number of benzene rings is 3. The highest BCUT2D eigenvalue weighted by molar-refractivity contribution is 5.93. The van der Waals surface area contributed by atoms with E-state index in [1.165, 1.54) is 0 Å². The number of carboxylic acids is 1. The molecule has 1 aromatic heterocycles. The number of ether oxygens (including phenoxy) is 1. The Labute approximate surface area is 188 Å². The number of aryl methyl sites for hydroxylation is 1. The maximum absolute atomic E-state index is 10.9. The van der Waals surface area contributed by atoms with Crippen LogP contribution in [0.15, 0.2) is 72.8 Å². The highest BCUT2D eigenvalue weighted by atomic mass is 16.5. The van der Waals surface area contributed by atoms with Crippen molar-refractivity contribution in [3.8, 4) is 17.0 Å². The second-order valence-corrected chi connectivity index (χ2v) is 8.15. The zero-order valence-corrected chi connectivity index (χ0v) is 18.5. The van der Waals surface area contributed by atoms with Crippen molar-refractivity contribution in [2.75, 3.05) is 0 Å². The van der Waals surface area contributed by atoms with Crippen molar-refractivity contribution in [3.05, 3.63) is 83.9 Å². The quantitative estimate of drug-likeness (QED) is 0.341. The molecule has 0 aliphatic heterocycles. The summed E-state index contributed by atoms with van der Waals surface area (Å²) in [5, 5.41) is 15.0. The third-order valence-corrected chi connectivity index (χ3v) is 5.63. The predicted octanol–water partition coefficient (Wildman–Crippen LogP) is 6.27. The number of rotatable bonds is 9. The van der Waals surface area contributed by atoms with Crippen LogP contribution in [0.25, 0.3) is 22.2 Å². The molecule has 0 spiro atoms. The monoisotopic (exact) mass is 428 g/mol. The van der Waals surface area contributed by atoms with Gasteiger partial charge in [-0.2, -0.15) is 5.10 Å². The van der Waals surface area contributed by atoms with Gasteiger partial charge >= 0.3 is 5.97 Å². The lowest BCUT2D eigenvalue weighted by molar-refractivity contribution is -0.137. The summed E-state index contributed by atoms with van der Waals surface area (Å²) in [6.07, 6.45) is 1.13. The largest absolute Gasteiger partial charge is 0.489 e. The molecule has 0 saturated heterocycles. The van der Waals surface area contributed by atoms with E-state index in [4.69, 9.17) is 14.9 Å². The number of aliphatic carboxylic acids is 1. The number of carbonyl (C=O) groups is 1. The van der Waals surface area contributed by atoms with Gasteiger partial charge in [-0.15, -0.1) is 0 Å². The summed E-state index contributed by atoms with van der Waals surface area (Å²) in [6, 6.07) is 24.3. The first-order chi connectivity index (χ1) is 15.5. The Balaban J connectivity index is 1.53. The van der Waals surface area contributed by atoms with Crippen molar-refractivity contribution in [1.82, 2.24) is 9.78 Å². The van der Waals surface area contributed by atoms with Crippen LogP contribution in [0.2, 0.25) is 0 Å². The van der Waals surface area contributed by atoms with Gasteiger partial charge in [-0.1, -0.05) is 68.4 Å². The molecule has 5 heteroatoms. The summed E-state index contributed by atoms with van der Waals surface area (Å²) in [5.41, 5.74) is 5.32. The molecule has 0 bridgehead atoms. The fourth-order valence-electron chi connectivity index (χ4n) is 3.94. The van der Waals surface area contributed by atoms with Crippen LogP contribution in [0.5, 0.6) is 5.75 Å². The number of carboxylic acid groups (broad SMARTS) is 1. The van der Waals surface area contributed by atoms with Gasteiger partial charge in [0.05, 0.1) is 11.9 Å². The van der Waals surface area contributed by atoms with E-state index in [1.807, 2.05) is 49.4 Å². The summed E-state index contributed by atoms with van der Waals surface area (Å²) >= 11 is 0. The van der Waals surface area contributed by atoms with Crippen molar-refractivity contribution < 1.29 is 14.6 Å². The van der Waals surface area contributed by atoms with Crippen LogP contribution in [0.3, 0.4) is 0 Å². The van der Waals surface area contributed by atoms with Gasteiger partial charge in [-0.3, -0.25) is 9.48 Å². The van der Waals surface area contributed by atoms with Crippen molar-refractivity contribution in [3.63, 3.8) is 0 Å². The lowest BCUT2D eigenvalue weighted by Gasteiger charge is -2.11. The van der Waals surface area contributed by atoms with Gasteiger partial charge in [0.25, 0.3) is 0 Å². The summed E-state index contributed by atoms with van der Waals surface area (Å²) in [5.74, 6) is -0.0454. The maximum atomic E-state index is 10.9. The standard InChI is InChI=1S/C27H28N2O3/c1-3-15-29-25-17-20(9-14-24(25)27(28-29)22-7-5-4-6-8-22)18-32-23-12-10-21(11-13-23)19(2)16-26(30)31/h4-14,17,19H,3,15-16,18H2,1-2H3,(H,30,31). The summed E-state index contributed by atoms with van der Waals surface area (Å²) < 4.78 is 8.09. The Morgan fingerprint density at radius 3 is 2.50 bits per heavy atom. The summed E-state index contributed by atoms with van der Waals surface area (Å²) in [7, 11) is 0. The lowest BCUT2D eigenvalue weighted by Crippen LogP contribution is -2.03. The first-order valence-electron chi connectivity index (χ1n) is 11.0. The van der Waals surface area contributed by atoms with Gasteiger partial charge in [0.1, 0.15) is 18.1 Å². The molecule has 1 heterocycles. The summed E-state index contributed by atoms with van der Waals surface area (Å²) in [4.78, 5) is 10.9. The van der Waals surface area contributed by atoms with Crippen LogP contribution in [-0.4, -0.2) is 20.9 Å². The molecule has 5 nitrogen and oxygen atoms in total. The molecule has 1 unspecified atom stereocenters. The van der Waals surface area contributed by atoms with E-state index in [2.05, 4.69) is 41.9 Å². The van der Waals surface area contributed by atoms with Crippen LogP contribution in [-0.2, 0) is 17.9 Å². The average Bonchev–Trinajstić information content (AvgIpc) is 3.16. The Bertz CT molecular complexity index is 1200. The van der Waals surface area contributed by atoms with E-state index in [0.29, 0.717) is 6.61 Å². The van der Waals surface area contributed by atoms with Gasteiger partial charge in [0, 0.05) is 17.5 Å². The van der Waals surface area contributed by atoms with Crippen molar-refractivity contribution >= 4 is 16.9 Å². The number of fused-ring (bicyclic) bond motifs is 1. The van der Waals surface area contributed by atoms with Gasteiger partial charge in [0.15, 0.2) is 0 Å². The molecule has 4 rings (SSSR count). The fourth-order valence-corrected chi connectivity index (χ4v) is 3.94. The van der Waals surface area contributed by atoms with E-state index in [9.17, 15) is 4.79 Å². The number of hydrogen-bond acceptors (Lipinski definition) is 3. The number of hydrogen-bond donors (Lipinski definition) is 1. The van der Waals surface area contributed by atoms with Crippen LogP contribution in [0.4, 0.5) is 0 Å². The first-order valence-corrected chi connectivity index (χ1v) is 11.0. The van der Waals surface area contributed by atoms with Crippen LogP contribution < -0.4 is 4.74 Å². The van der Waals surface area contributed by atoms with Crippen LogP contribution in [0, 0.1) is 0 Å². The minimum atomic E-state index is -0.786. The second-order valence-electron chi connectivity index (χ2n) is 8.15. The third-order valence-electron chi connectivity index (χ3n) is 5.63. The molecule has 0 saturated carbocycles. The molecular formula is C27H28N2O3. The molecule has 1 atom stereocenters. The van der Waals surface area contributed by atoms with Crippen molar-refractivity contribution in [2.45, 2.75) is 45.8 Å². The molecule has 0 radical (unpaired) electrons. The molecule has 3 aromatic carbocycles. The molecule has 32 heavy (non-hydrogen) atoms. The zero-order valence-electron chi connectivity index (χ0n) is 18.5. The molecule has 4 aromatic rings. The van der Waals surface area contributed by atoms with E-state index >= 15 is 0 Å². The lowest BCUT2D eigenvalue weighted by atomic mass is 9.98. The molecule has 0 aliphatic carbocycles. The fraction of sp³-hybridized carbons (Fsp3) is 0.259. The first kappa shape index (κ1) is 21.6. The van der Waals surface area contributed by atoms with Gasteiger partial charge in [-0.25, -0.2) is 0 Å². The van der Waals surface area contributed by atoms with Crippen LogP contribution >= 0.6 is 0 Å². The molecular weight excluding hydrogens is 400 g/mol. The number of aromatic nitrogens is 2. The molecule has 1 N–H and O–H groups in total. The minimum Gasteiger partial charge on any atom is -0.489 e. The van der Waals surface area contributed by atoms with Gasteiger partial charge in [0.2, 0.25) is 0 Å². The Morgan fingerprint density at radius 1 is 1.06 bits per heavy atom. The maximum Gasteiger partial charge on any atom is 0.303 e. The predicted molar refractivity (Wildman–Crippen MR) is 127 cm³/mol. The van der Waals surface area contributed by atoms with E-state index in [-0.39, 0.29) is 12.3 Å². The minimum absolute atomic E-state index is 0.0263. The average molecular weight is 429 g/mol. The SMILES string of the molecule is CCCn1nc(-c2ccccc2)c2ccc(COc3ccc(C(C)CC(=O)O)cc3)cc21. The van der Waals surface area contributed by atoms with Crippen molar-refractivity contribution in [1.29, 1.82) is 0 Å². The highest BCUT2D eigenvalue weighted by Gasteiger charge is 2.13. The van der Waals surface area contributed by atoms with Gasteiger partial charge in [-0.05, 0) is 41.7 Å². The Kier molecular flexibility index (Phi) is 6.55. The van der Waals surface area contributed by atoms with Gasteiger partial charge < -0.3 is 9.84 Å². The molecule has 0 amide bonds. The van der Waals surface area contributed by atoms with E-state index in [1.54, 1.807) is 0 Å². The third kappa shape index (κ3) is 4.83. The Hall–Kier alpha value is -3.60. The van der Waals surface area contributed by atoms with E-state index in [0.717, 1.165) is 52.0 Å². The highest BCUT2D eigenvalue weighted by Crippen LogP contribution is 2.29. The smallest absolute Gasteiger partial charge is 0.303 e. The van der Waals surface area contributed by atoms with Crippen LogP contribution in [0.1, 0.15) is 43.7 Å². The summed E-state index contributed by atoms with van der Waals surface area (Å²) in [6.45, 7) is 5.40. The van der Waals surface area contributed by atoms with Crippen molar-refractivity contribution in [2.24, 2.45) is 0 Å². The molecule has 0 aliphatic rings. The molecule has 0 fully saturated rings. The molecule has 164 valence electrons. The number of nitrogens with zero attached hydrogens (tertiary/aromatic N) is 2. The second kappa shape index (κ2) is 9.69. The normalized spacial score (nSPS) is 12.1. The van der Waals surface area contributed by atoms with E-state index < -0.39 is 5.97 Å². The topological polar surface area (TPSA) is 64.4 Å². The Morgan fingerprint density at radius 2 is 1.81 bits per heavy atom. The zero-order chi connectivity index (χ0) is 22.5.